The number of nitrogens with one attached hydrogen (secondary N) is 1. The van der Waals surface area contributed by atoms with Crippen LogP contribution in [0.1, 0.15) is 18.0 Å². The van der Waals surface area contributed by atoms with Gasteiger partial charge in [-0.1, -0.05) is 23.7 Å². The molecule has 0 spiro atoms. The average Bonchev–Trinajstić information content (AvgIpc) is 2.93. The third kappa shape index (κ3) is 4.35. The molecule has 0 amide bonds. The number of hydrogen-bond acceptors (Lipinski definition) is 3. The Bertz CT molecular complexity index is 470. The number of aryl methyl sites for hydroxylation is 1. The number of rotatable bonds is 7. The first kappa shape index (κ1) is 14.1. The summed E-state index contributed by atoms with van der Waals surface area (Å²) < 4.78 is 2.04. The van der Waals surface area contributed by atoms with Crippen LogP contribution in [0.25, 0.3) is 0 Å². The summed E-state index contributed by atoms with van der Waals surface area (Å²) >= 11 is 5.85. The second kappa shape index (κ2) is 7.28. The Morgan fingerprint density at radius 3 is 2.74 bits per heavy atom. The number of benzene rings is 1. The summed E-state index contributed by atoms with van der Waals surface area (Å²) in [6.45, 7) is 1.84. The van der Waals surface area contributed by atoms with E-state index >= 15 is 0 Å². The van der Waals surface area contributed by atoms with Crippen LogP contribution < -0.4 is 5.32 Å². The minimum atomic E-state index is -0.0416. The smallest absolute Gasteiger partial charge is 0.0945 e. The Morgan fingerprint density at radius 1 is 1.32 bits per heavy atom. The quantitative estimate of drug-likeness (QED) is 0.765. The normalized spacial score (nSPS) is 12.5. The fraction of sp³-hybridized carbons (Fsp3) is 0.357. The van der Waals surface area contributed by atoms with E-state index in [1.54, 1.807) is 6.20 Å². The Balaban J connectivity index is 1.77. The summed E-state index contributed by atoms with van der Waals surface area (Å²) in [7, 11) is 0. The van der Waals surface area contributed by atoms with Gasteiger partial charge in [0, 0.05) is 24.0 Å². The molecule has 0 aliphatic heterocycles. The fourth-order valence-corrected chi connectivity index (χ4v) is 2.07. The molecule has 1 unspecified atom stereocenters. The van der Waals surface area contributed by atoms with E-state index in [1.807, 2.05) is 41.4 Å². The predicted octanol–water partition coefficient (Wildman–Crippen LogP) is 2.25. The predicted molar refractivity (Wildman–Crippen MR) is 76.1 cm³/mol. The van der Waals surface area contributed by atoms with Gasteiger partial charge in [0.05, 0.1) is 19.0 Å². The molecule has 0 fully saturated rings. The third-order valence-corrected chi connectivity index (χ3v) is 3.25. The van der Waals surface area contributed by atoms with Crippen molar-refractivity contribution in [1.82, 2.24) is 14.9 Å². The van der Waals surface area contributed by atoms with E-state index in [2.05, 4.69) is 10.3 Å². The highest BCUT2D eigenvalue weighted by Gasteiger charge is 2.08. The monoisotopic (exact) mass is 279 g/mol. The molecule has 2 rings (SSSR count). The summed E-state index contributed by atoms with van der Waals surface area (Å²) in [5, 5.41) is 13.5. The molecule has 0 aliphatic rings. The van der Waals surface area contributed by atoms with E-state index < -0.39 is 0 Å². The number of hydrogen-bond donors (Lipinski definition) is 2. The highest BCUT2D eigenvalue weighted by Crippen LogP contribution is 2.16. The molecule has 19 heavy (non-hydrogen) atoms. The zero-order chi connectivity index (χ0) is 13.5. The van der Waals surface area contributed by atoms with Gasteiger partial charge in [-0.3, -0.25) is 0 Å². The van der Waals surface area contributed by atoms with Crippen molar-refractivity contribution in [2.45, 2.75) is 19.0 Å². The summed E-state index contributed by atoms with van der Waals surface area (Å²) in [6, 6.07) is 7.51. The minimum Gasteiger partial charge on any atom is -0.394 e. The second-order valence-corrected chi connectivity index (χ2v) is 4.83. The van der Waals surface area contributed by atoms with Crippen molar-refractivity contribution in [3.63, 3.8) is 0 Å². The maximum atomic E-state index is 9.42. The molecule has 5 heteroatoms. The van der Waals surface area contributed by atoms with Crippen molar-refractivity contribution in [2.24, 2.45) is 0 Å². The molecule has 2 N–H and O–H groups in total. The zero-order valence-corrected chi connectivity index (χ0v) is 11.4. The highest BCUT2D eigenvalue weighted by atomic mass is 35.5. The van der Waals surface area contributed by atoms with Gasteiger partial charge in [0.1, 0.15) is 0 Å². The molecule has 1 heterocycles. The Hall–Kier alpha value is -1.36. The zero-order valence-electron chi connectivity index (χ0n) is 10.7. The fourth-order valence-electron chi connectivity index (χ4n) is 1.94. The lowest BCUT2D eigenvalue weighted by Crippen LogP contribution is -2.26. The van der Waals surface area contributed by atoms with Gasteiger partial charge in [-0.2, -0.15) is 0 Å². The van der Waals surface area contributed by atoms with Crippen LogP contribution >= 0.6 is 11.6 Å². The first-order chi connectivity index (χ1) is 9.29. The summed E-state index contributed by atoms with van der Waals surface area (Å²) in [5.41, 5.74) is 1.05. The van der Waals surface area contributed by atoms with Crippen LogP contribution in [0.3, 0.4) is 0 Å². The number of imidazole rings is 1. The maximum absolute atomic E-state index is 9.42. The first-order valence-corrected chi connectivity index (χ1v) is 6.73. The number of nitrogens with zero attached hydrogens (tertiary/aromatic N) is 2. The molecule has 0 radical (unpaired) electrons. The van der Waals surface area contributed by atoms with E-state index in [0.29, 0.717) is 5.02 Å². The first-order valence-electron chi connectivity index (χ1n) is 6.35. The molecule has 1 aromatic heterocycles. The molecule has 0 saturated carbocycles. The lowest BCUT2D eigenvalue weighted by molar-refractivity contribution is 0.244. The maximum Gasteiger partial charge on any atom is 0.0945 e. The van der Waals surface area contributed by atoms with Crippen molar-refractivity contribution in [2.75, 3.05) is 13.2 Å². The summed E-state index contributed by atoms with van der Waals surface area (Å²) in [4.78, 5) is 4.00. The van der Waals surface area contributed by atoms with Crippen molar-refractivity contribution in [3.8, 4) is 0 Å². The SMILES string of the molecule is OCC(NCCCn1ccnc1)c1ccc(Cl)cc1. The van der Waals surface area contributed by atoms with E-state index in [9.17, 15) is 5.11 Å². The molecule has 4 nitrogen and oxygen atoms in total. The van der Waals surface area contributed by atoms with E-state index in [4.69, 9.17) is 11.6 Å². The Labute approximate surface area is 118 Å². The lowest BCUT2D eigenvalue weighted by atomic mass is 10.1. The van der Waals surface area contributed by atoms with Crippen molar-refractivity contribution < 1.29 is 5.11 Å². The summed E-state index contributed by atoms with van der Waals surface area (Å²) in [5.74, 6) is 0. The van der Waals surface area contributed by atoms with Crippen LogP contribution in [0.4, 0.5) is 0 Å². The highest BCUT2D eigenvalue weighted by molar-refractivity contribution is 6.30. The third-order valence-electron chi connectivity index (χ3n) is 3.00. The van der Waals surface area contributed by atoms with Gasteiger partial charge in [-0.25, -0.2) is 4.98 Å². The molecule has 0 aliphatic carbocycles. The van der Waals surface area contributed by atoms with Crippen LogP contribution in [0.2, 0.25) is 5.02 Å². The Morgan fingerprint density at radius 2 is 2.11 bits per heavy atom. The van der Waals surface area contributed by atoms with Gasteiger partial charge in [0.2, 0.25) is 0 Å². The molecule has 1 atom stereocenters. The summed E-state index contributed by atoms with van der Waals surface area (Å²) in [6.07, 6.45) is 6.52. The van der Waals surface area contributed by atoms with Crippen LogP contribution in [-0.2, 0) is 6.54 Å². The number of aliphatic hydroxyl groups excluding tert-OH is 1. The van der Waals surface area contributed by atoms with Crippen LogP contribution in [0, 0.1) is 0 Å². The van der Waals surface area contributed by atoms with Gasteiger partial charge in [0.15, 0.2) is 0 Å². The van der Waals surface area contributed by atoms with Crippen molar-refractivity contribution >= 4 is 11.6 Å². The van der Waals surface area contributed by atoms with Crippen molar-refractivity contribution in [1.29, 1.82) is 0 Å². The molecule has 0 saturated heterocycles. The molecule has 102 valence electrons. The van der Waals surface area contributed by atoms with Crippen LogP contribution in [0.15, 0.2) is 43.0 Å². The van der Waals surface area contributed by atoms with Crippen molar-refractivity contribution in [3.05, 3.63) is 53.6 Å². The van der Waals surface area contributed by atoms with E-state index in [0.717, 1.165) is 25.1 Å². The molecule has 2 aromatic rings. The Kier molecular flexibility index (Phi) is 5.39. The standard InChI is InChI=1S/C14H18ClN3O/c15-13-4-2-12(3-5-13)14(10-19)17-6-1-8-18-9-7-16-11-18/h2-5,7,9,11,14,17,19H,1,6,8,10H2. The molecule has 0 bridgehead atoms. The average molecular weight is 280 g/mol. The topological polar surface area (TPSA) is 50.1 Å². The van der Waals surface area contributed by atoms with Gasteiger partial charge in [-0.15, -0.1) is 0 Å². The van der Waals surface area contributed by atoms with Gasteiger partial charge in [-0.05, 0) is 30.7 Å². The number of halogens is 1. The largest absolute Gasteiger partial charge is 0.394 e. The molecular formula is C14H18ClN3O. The number of aromatic nitrogens is 2. The van der Waals surface area contributed by atoms with Gasteiger partial charge in [0.25, 0.3) is 0 Å². The molecule has 1 aromatic carbocycles. The lowest BCUT2D eigenvalue weighted by Gasteiger charge is -2.16. The van der Waals surface area contributed by atoms with Crippen LogP contribution in [-0.4, -0.2) is 27.8 Å². The second-order valence-electron chi connectivity index (χ2n) is 4.39. The van der Waals surface area contributed by atoms with E-state index in [1.165, 1.54) is 0 Å². The number of aliphatic hydroxyl groups is 1. The van der Waals surface area contributed by atoms with Gasteiger partial charge < -0.3 is 15.0 Å². The van der Waals surface area contributed by atoms with E-state index in [-0.39, 0.29) is 12.6 Å². The van der Waals surface area contributed by atoms with Gasteiger partial charge >= 0.3 is 0 Å². The molecular weight excluding hydrogens is 262 g/mol. The van der Waals surface area contributed by atoms with Crippen LogP contribution in [0.5, 0.6) is 0 Å². The minimum absolute atomic E-state index is 0.0416.